The van der Waals surface area contributed by atoms with E-state index in [0.717, 1.165) is 12.8 Å². The van der Waals surface area contributed by atoms with E-state index in [9.17, 15) is 4.79 Å². The Balaban J connectivity index is 3.14. The average Bonchev–Trinajstić information content (AvgIpc) is 2.53. The van der Waals surface area contributed by atoms with E-state index in [0.29, 0.717) is 6.42 Å². The SMILES string of the molecule is CCCCC/C=C/C=C\CCCCCCCCCCCC(=O)O. The van der Waals surface area contributed by atoms with E-state index in [2.05, 4.69) is 31.2 Å². The van der Waals surface area contributed by atoms with Crippen LogP contribution in [0.5, 0.6) is 0 Å². The summed E-state index contributed by atoms with van der Waals surface area (Å²) in [5.41, 5.74) is 0. The summed E-state index contributed by atoms with van der Waals surface area (Å²) in [4.78, 5) is 10.4. The molecule has 0 aromatic rings. The normalized spacial score (nSPS) is 11.7. The van der Waals surface area contributed by atoms with Gasteiger partial charge in [0, 0.05) is 6.42 Å². The van der Waals surface area contributed by atoms with Crippen LogP contribution in [0.15, 0.2) is 24.3 Å². The molecule has 2 nitrogen and oxygen atoms in total. The molecule has 1 N–H and O–H groups in total. The fourth-order valence-corrected chi connectivity index (χ4v) is 2.64. The van der Waals surface area contributed by atoms with Crippen LogP contribution in [0.1, 0.15) is 103 Å². The van der Waals surface area contributed by atoms with Gasteiger partial charge in [-0.15, -0.1) is 0 Å². The highest BCUT2D eigenvalue weighted by Crippen LogP contribution is 2.11. The third-order valence-corrected chi connectivity index (χ3v) is 4.12. The number of carboxylic acid groups (broad SMARTS) is 1. The zero-order valence-corrected chi connectivity index (χ0v) is 15.3. The quantitative estimate of drug-likeness (QED) is 0.230. The molecule has 0 fully saturated rings. The average molecular weight is 323 g/mol. The summed E-state index contributed by atoms with van der Waals surface area (Å²) < 4.78 is 0. The zero-order valence-electron chi connectivity index (χ0n) is 15.3. The highest BCUT2D eigenvalue weighted by molar-refractivity contribution is 5.66. The van der Waals surface area contributed by atoms with E-state index < -0.39 is 5.97 Å². The van der Waals surface area contributed by atoms with Crippen molar-refractivity contribution in [1.82, 2.24) is 0 Å². The van der Waals surface area contributed by atoms with Crippen LogP contribution in [0.4, 0.5) is 0 Å². The molecule has 0 bridgehead atoms. The van der Waals surface area contributed by atoms with Gasteiger partial charge >= 0.3 is 5.97 Å². The van der Waals surface area contributed by atoms with Gasteiger partial charge in [-0.1, -0.05) is 89.0 Å². The number of rotatable bonds is 17. The molecule has 0 aliphatic carbocycles. The van der Waals surface area contributed by atoms with E-state index in [-0.39, 0.29) is 0 Å². The Hall–Kier alpha value is -1.05. The smallest absolute Gasteiger partial charge is 0.303 e. The van der Waals surface area contributed by atoms with Gasteiger partial charge in [-0.05, 0) is 32.1 Å². The maximum atomic E-state index is 10.4. The summed E-state index contributed by atoms with van der Waals surface area (Å²) in [6.07, 6.45) is 26.7. The van der Waals surface area contributed by atoms with Gasteiger partial charge in [0.2, 0.25) is 0 Å². The molecule has 0 spiro atoms. The molecule has 0 aromatic carbocycles. The second-order valence-electron chi connectivity index (χ2n) is 6.47. The maximum Gasteiger partial charge on any atom is 0.303 e. The molecule has 0 unspecified atom stereocenters. The Morgan fingerprint density at radius 2 is 1.13 bits per heavy atom. The predicted octanol–water partition coefficient (Wildman–Crippen LogP) is 7.05. The maximum absolute atomic E-state index is 10.4. The summed E-state index contributed by atoms with van der Waals surface area (Å²) in [5, 5.41) is 8.54. The molecule has 0 rings (SSSR count). The summed E-state index contributed by atoms with van der Waals surface area (Å²) >= 11 is 0. The number of carboxylic acids is 1. The molecular weight excluding hydrogens is 284 g/mol. The third-order valence-electron chi connectivity index (χ3n) is 4.12. The second kappa shape index (κ2) is 19.0. The van der Waals surface area contributed by atoms with Crippen LogP contribution in [0, 0.1) is 0 Å². The molecule has 0 heterocycles. The van der Waals surface area contributed by atoms with Crippen LogP contribution in [0.3, 0.4) is 0 Å². The van der Waals surface area contributed by atoms with Gasteiger partial charge in [0.1, 0.15) is 0 Å². The molecule has 0 amide bonds. The fourth-order valence-electron chi connectivity index (χ4n) is 2.64. The minimum absolute atomic E-state index is 0.335. The summed E-state index contributed by atoms with van der Waals surface area (Å²) in [6, 6.07) is 0. The lowest BCUT2D eigenvalue weighted by atomic mass is 10.1. The number of aliphatic carboxylic acids is 1. The first kappa shape index (κ1) is 21.9. The van der Waals surface area contributed by atoms with Crippen LogP contribution in [0.2, 0.25) is 0 Å². The largest absolute Gasteiger partial charge is 0.481 e. The topological polar surface area (TPSA) is 37.3 Å². The molecule has 0 saturated heterocycles. The molecule has 0 aliphatic heterocycles. The van der Waals surface area contributed by atoms with Gasteiger partial charge in [-0.3, -0.25) is 4.79 Å². The van der Waals surface area contributed by atoms with Crippen molar-refractivity contribution in [2.24, 2.45) is 0 Å². The Morgan fingerprint density at radius 3 is 1.61 bits per heavy atom. The first-order valence-electron chi connectivity index (χ1n) is 9.80. The molecule has 0 atom stereocenters. The van der Waals surface area contributed by atoms with Crippen LogP contribution >= 0.6 is 0 Å². The first-order chi connectivity index (χ1) is 11.3. The lowest BCUT2D eigenvalue weighted by Crippen LogP contribution is -1.93. The molecule has 0 aliphatic rings. The highest BCUT2D eigenvalue weighted by Gasteiger charge is 1.96. The van der Waals surface area contributed by atoms with E-state index in [1.807, 2.05) is 0 Å². The van der Waals surface area contributed by atoms with Gasteiger partial charge in [-0.2, -0.15) is 0 Å². The second-order valence-corrected chi connectivity index (χ2v) is 6.47. The Kier molecular flexibility index (Phi) is 18.1. The molecule has 23 heavy (non-hydrogen) atoms. The van der Waals surface area contributed by atoms with Gasteiger partial charge in [0.15, 0.2) is 0 Å². The predicted molar refractivity (Wildman–Crippen MR) is 101 cm³/mol. The van der Waals surface area contributed by atoms with Crippen molar-refractivity contribution in [1.29, 1.82) is 0 Å². The van der Waals surface area contributed by atoms with Crippen molar-refractivity contribution >= 4 is 5.97 Å². The van der Waals surface area contributed by atoms with Crippen molar-refractivity contribution in [3.63, 3.8) is 0 Å². The minimum Gasteiger partial charge on any atom is -0.481 e. The van der Waals surface area contributed by atoms with Crippen LogP contribution in [-0.4, -0.2) is 11.1 Å². The highest BCUT2D eigenvalue weighted by atomic mass is 16.4. The zero-order chi connectivity index (χ0) is 17.0. The lowest BCUT2D eigenvalue weighted by molar-refractivity contribution is -0.137. The Labute approximate surface area is 144 Å². The van der Waals surface area contributed by atoms with Gasteiger partial charge < -0.3 is 5.11 Å². The number of carbonyl (C=O) groups is 1. The number of hydrogen-bond acceptors (Lipinski definition) is 1. The van der Waals surface area contributed by atoms with Crippen LogP contribution in [-0.2, 0) is 4.79 Å². The molecule has 0 saturated carbocycles. The van der Waals surface area contributed by atoms with Crippen LogP contribution in [0.25, 0.3) is 0 Å². The minimum atomic E-state index is -0.661. The molecule has 134 valence electrons. The van der Waals surface area contributed by atoms with Crippen molar-refractivity contribution in [2.75, 3.05) is 0 Å². The van der Waals surface area contributed by atoms with Crippen LogP contribution < -0.4 is 0 Å². The van der Waals surface area contributed by atoms with E-state index in [4.69, 9.17) is 5.11 Å². The van der Waals surface area contributed by atoms with Crippen molar-refractivity contribution in [3.05, 3.63) is 24.3 Å². The van der Waals surface area contributed by atoms with Gasteiger partial charge in [0.25, 0.3) is 0 Å². The number of allylic oxidation sites excluding steroid dienone is 4. The van der Waals surface area contributed by atoms with E-state index in [1.54, 1.807) is 0 Å². The molecule has 0 radical (unpaired) electrons. The van der Waals surface area contributed by atoms with Gasteiger partial charge in [0.05, 0.1) is 0 Å². The third kappa shape index (κ3) is 21.0. The van der Waals surface area contributed by atoms with E-state index >= 15 is 0 Å². The van der Waals surface area contributed by atoms with Crippen molar-refractivity contribution in [3.8, 4) is 0 Å². The lowest BCUT2D eigenvalue weighted by Gasteiger charge is -2.01. The fraction of sp³-hybridized carbons (Fsp3) is 0.762. The van der Waals surface area contributed by atoms with Gasteiger partial charge in [-0.25, -0.2) is 0 Å². The Bertz CT molecular complexity index is 305. The molecule has 2 heteroatoms. The summed E-state index contributed by atoms with van der Waals surface area (Å²) in [7, 11) is 0. The monoisotopic (exact) mass is 322 g/mol. The number of unbranched alkanes of at least 4 members (excludes halogenated alkanes) is 12. The Morgan fingerprint density at radius 1 is 0.696 bits per heavy atom. The summed E-state index contributed by atoms with van der Waals surface area (Å²) in [5.74, 6) is -0.661. The molecular formula is C21H38O2. The number of hydrogen-bond donors (Lipinski definition) is 1. The standard InChI is InChI=1S/C21H38O2/c1-2-3-4-5-6-7-8-9-10-11-12-13-14-15-16-17-18-19-20-21(22)23/h6-9H,2-5,10-20H2,1H3,(H,22,23)/b7-6+,9-8-. The molecule has 0 aromatic heterocycles. The van der Waals surface area contributed by atoms with E-state index in [1.165, 1.54) is 77.0 Å². The van der Waals surface area contributed by atoms with Crippen molar-refractivity contribution in [2.45, 2.75) is 103 Å². The first-order valence-corrected chi connectivity index (χ1v) is 9.80. The van der Waals surface area contributed by atoms with Crippen molar-refractivity contribution < 1.29 is 9.90 Å². The summed E-state index contributed by atoms with van der Waals surface area (Å²) in [6.45, 7) is 2.24.